The highest BCUT2D eigenvalue weighted by atomic mass is 32.2. The average Bonchev–Trinajstić information content (AvgIpc) is 3.21. The Hall–Kier alpha value is -4.17. The SMILES string of the molecule is CCc1ccc2c(c1)c(-c1ccc[nH]c1=O)c(C(=O)NS(=O)(=O)C(C)C)n2Cc1ccc2ccccc2c1. The second-order valence-electron chi connectivity index (χ2n) is 9.63. The van der Waals surface area contributed by atoms with Gasteiger partial charge in [-0.15, -0.1) is 0 Å². The van der Waals surface area contributed by atoms with Crippen molar-refractivity contribution in [3.63, 3.8) is 0 Å². The van der Waals surface area contributed by atoms with E-state index in [0.29, 0.717) is 23.1 Å². The standard InChI is InChI=1S/C30H29N3O4S/c1-4-20-12-14-26-25(17-20)27(24-10-7-15-31-29(24)34)28(30(35)32-38(36,37)19(2)3)33(26)18-21-11-13-22-8-5-6-9-23(22)16-21/h5-17,19H,4,18H2,1-3H3,(H,31,34)(H,32,35). The number of amides is 1. The Morgan fingerprint density at radius 2 is 1.68 bits per heavy atom. The Kier molecular flexibility index (Phi) is 6.67. The third-order valence-electron chi connectivity index (χ3n) is 6.85. The van der Waals surface area contributed by atoms with E-state index in [0.717, 1.165) is 33.8 Å². The van der Waals surface area contributed by atoms with E-state index in [1.807, 2.05) is 66.1 Å². The molecule has 0 saturated carbocycles. The van der Waals surface area contributed by atoms with Gasteiger partial charge in [-0.3, -0.25) is 9.59 Å². The van der Waals surface area contributed by atoms with Crippen molar-refractivity contribution in [2.24, 2.45) is 0 Å². The summed E-state index contributed by atoms with van der Waals surface area (Å²) in [7, 11) is -3.92. The molecule has 0 saturated heterocycles. The van der Waals surface area contributed by atoms with E-state index in [1.54, 1.807) is 12.1 Å². The van der Waals surface area contributed by atoms with Crippen LogP contribution in [-0.4, -0.2) is 29.1 Å². The highest BCUT2D eigenvalue weighted by Crippen LogP contribution is 2.35. The highest BCUT2D eigenvalue weighted by molar-refractivity contribution is 7.90. The summed E-state index contributed by atoms with van der Waals surface area (Å²) in [4.78, 5) is 29.5. The van der Waals surface area contributed by atoms with Crippen LogP contribution in [0.15, 0.2) is 83.8 Å². The molecule has 0 bridgehead atoms. The van der Waals surface area contributed by atoms with Gasteiger partial charge in [-0.2, -0.15) is 0 Å². The van der Waals surface area contributed by atoms with E-state index >= 15 is 0 Å². The molecule has 38 heavy (non-hydrogen) atoms. The quantitative estimate of drug-likeness (QED) is 0.303. The van der Waals surface area contributed by atoms with Crippen LogP contribution in [0.1, 0.15) is 42.4 Å². The molecule has 0 radical (unpaired) electrons. The van der Waals surface area contributed by atoms with Gasteiger partial charge in [0.25, 0.3) is 11.5 Å². The number of sulfonamides is 1. The molecule has 1 amide bonds. The lowest BCUT2D eigenvalue weighted by Crippen LogP contribution is -2.37. The van der Waals surface area contributed by atoms with Gasteiger partial charge < -0.3 is 9.55 Å². The Balaban J connectivity index is 1.81. The molecule has 0 atom stereocenters. The van der Waals surface area contributed by atoms with Crippen molar-refractivity contribution in [3.8, 4) is 11.1 Å². The van der Waals surface area contributed by atoms with Crippen LogP contribution in [0.2, 0.25) is 0 Å². The second-order valence-corrected chi connectivity index (χ2v) is 11.9. The molecule has 7 nitrogen and oxygen atoms in total. The first-order valence-electron chi connectivity index (χ1n) is 12.6. The maximum absolute atomic E-state index is 13.8. The van der Waals surface area contributed by atoms with Crippen LogP contribution in [-0.2, 0) is 23.0 Å². The zero-order valence-corrected chi connectivity index (χ0v) is 22.3. The predicted molar refractivity (Wildman–Crippen MR) is 152 cm³/mol. The van der Waals surface area contributed by atoms with Crippen molar-refractivity contribution < 1.29 is 13.2 Å². The molecule has 8 heteroatoms. The fourth-order valence-electron chi connectivity index (χ4n) is 4.73. The van der Waals surface area contributed by atoms with Crippen molar-refractivity contribution in [2.45, 2.75) is 39.0 Å². The number of pyridine rings is 1. The summed E-state index contributed by atoms with van der Waals surface area (Å²) in [5.74, 6) is -0.771. The van der Waals surface area contributed by atoms with Crippen LogP contribution in [0.25, 0.3) is 32.8 Å². The van der Waals surface area contributed by atoms with Crippen molar-refractivity contribution in [3.05, 3.63) is 106 Å². The summed E-state index contributed by atoms with van der Waals surface area (Å²) < 4.78 is 29.6. The van der Waals surface area contributed by atoms with E-state index in [2.05, 4.69) is 15.8 Å². The molecule has 2 aromatic heterocycles. The zero-order valence-electron chi connectivity index (χ0n) is 21.5. The summed E-state index contributed by atoms with van der Waals surface area (Å²) in [6.07, 6.45) is 2.29. The number of aromatic nitrogens is 2. The van der Waals surface area contributed by atoms with Gasteiger partial charge in [-0.25, -0.2) is 13.1 Å². The number of fused-ring (bicyclic) bond motifs is 2. The second kappa shape index (κ2) is 9.95. The number of carbonyl (C=O) groups excluding carboxylic acids is 1. The maximum atomic E-state index is 13.8. The number of benzene rings is 3. The molecule has 5 aromatic rings. The Morgan fingerprint density at radius 3 is 2.39 bits per heavy atom. The summed E-state index contributed by atoms with van der Waals surface area (Å²) in [6.45, 7) is 5.36. The van der Waals surface area contributed by atoms with Gasteiger partial charge in [0.05, 0.1) is 5.25 Å². The number of nitrogens with one attached hydrogen (secondary N) is 2. The lowest BCUT2D eigenvalue weighted by Gasteiger charge is -2.15. The minimum Gasteiger partial charge on any atom is -0.331 e. The molecule has 0 aliphatic rings. The molecular formula is C30H29N3O4S. The third-order valence-corrected chi connectivity index (χ3v) is 8.56. The Bertz CT molecular complexity index is 1850. The predicted octanol–water partition coefficient (Wildman–Crippen LogP) is 5.23. The third kappa shape index (κ3) is 4.63. The van der Waals surface area contributed by atoms with Crippen molar-refractivity contribution in [1.29, 1.82) is 0 Å². The van der Waals surface area contributed by atoms with E-state index < -0.39 is 21.2 Å². The van der Waals surface area contributed by atoms with Gasteiger partial charge in [0.2, 0.25) is 10.0 Å². The van der Waals surface area contributed by atoms with Gasteiger partial charge in [0.1, 0.15) is 5.69 Å². The first-order valence-corrected chi connectivity index (χ1v) is 14.1. The van der Waals surface area contributed by atoms with E-state index in [9.17, 15) is 18.0 Å². The minimum atomic E-state index is -3.92. The number of nitrogens with zero attached hydrogens (tertiary/aromatic N) is 1. The molecule has 194 valence electrons. The lowest BCUT2D eigenvalue weighted by atomic mass is 10.0. The Labute approximate surface area is 221 Å². The fourth-order valence-corrected chi connectivity index (χ4v) is 5.32. The number of hydrogen-bond acceptors (Lipinski definition) is 4. The van der Waals surface area contributed by atoms with Crippen LogP contribution in [0.4, 0.5) is 0 Å². The van der Waals surface area contributed by atoms with E-state index in [4.69, 9.17) is 0 Å². The molecule has 2 N–H and O–H groups in total. The molecular weight excluding hydrogens is 498 g/mol. The van der Waals surface area contributed by atoms with E-state index in [1.165, 1.54) is 20.0 Å². The van der Waals surface area contributed by atoms with Crippen LogP contribution in [0, 0.1) is 0 Å². The van der Waals surface area contributed by atoms with Gasteiger partial charge in [0, 0.05) is 34.8 Å². The number of hydrogen-bond donors (Lipinski definition) is 2. The topological polar surface area (TPSA) is 101 Å². The Morgan fingerprint density at radius 1 is 0.947 bits per heavy atom. The van der Waals surface area contributed by atoms with Crippen molar-refractivity contribution in [1.82, 2.24) is 14.3 Å². The maximum Gasteiger partial charge on any atom is 0.282 e. The summed E-state index contributed by atoms with van der Waals surface area (Å²) in [5, 5.41) is 2.07. The van der Waals surface area contributed by atoms with Crippen LogP contribution in [0.3, 0.4) is 0 Å². The molecule has 0 unspecified atom stereocenters. The first-order chi connectivity index (χ1) is 18.2. The van der Waals surface area contributed by atoms with Gasteiger partial charge in [-0.1, -0.05) is 49.4 Å². The summed E-state index contributed by atoms with van der Waals surface area (Å²) in [6, 6.07) is 23.3. The zero-order chi connectivity index (χ0) is 27.0. The minimum absolute atomic E-state index is 0.127. The van der Waals surface area contributed by atoms with Crippen LogP contribution < -0.4 is 10.3 Å². The number of aromatic amines is 1. The first kappa shape index (κ1) is 25.5. The smallest absolute Gasteiger partial charge is 0.282 e. The molecule has 0 spiro atoms. The number of rotatable bonds is 7. The van der Waals surface area contributed by atoms with Gasteiger partial charge in [0.15, 0.2) is 0 Å². The molecule has 0 fully saturated rings. The summed E-state index contributed by atoms with van der Waals surface area (Å²) >= 11 is 0. The average molecular weight is 528 g/mol. The molecule has 3 aromatic carbocycles. The van der Waals surface area contributed by atoms with Gasteiger partial charge >= 0.3 is 0 Å². The molecule has 5 rings (SSSR count). The normalized spacial score (nSPS) is 11.9. The van der Waals surface area contributed by atoms with E-state index in [-0.39, 0.29) is 11.3 Å². The molecule has 2 heterocycles. The van der Waals surface area contributed by atoms with Crippen LogP contribution in [0.5, 0.6) is 0 Å². The highest BCUT2D eigenvalue weighted by Gasteiger charge is 2.29. The van der Waals surface area contributed by atoms with Crippen LogP contribution >= 0.6 is 0 Å². The largest absolute Gasteiger partial charge is 0.331 e. The van der Waals surface area contributed by atoms with Crippen molar-refractivity contribution >= 4 is 37.6 Å². The van der Waals surface area contributed by atoms with Gasteiger partial charge in [-0.05, 0) is 72.5 Å². The summed E-state index contributed by atoms with van der Waals surface area (Å²) in [5.41, 5.74) is 3.19. The molecule has 0 aliphatic carbocycles. The van der Waals surface area contributed by atoms with Crippen molar-refractivity contribution in [2.75, 3.05) is 0 Å². The number of carbonyl (C=O) groups is 1. The fraction of sp³-hybridized carbons (Fsp3) is 0.200. The number of H-pyrrole nitrogens is 1. The lowest BCUT2D eigenvalue weighted by molar-refractivity contribution is 0.0973. The monoisotopic (exact) mass is 527 g/mol. The molecule has 0 aliphatic heterocycles. The number of aryl methyl sites for hydroxylation is 1.